The second kappa shape index (κ2) is 3.57. The molecule has 1 amide bonds. The molecule has 0 aromatic carbocycles. The van der Waals surface area contributed by atoms with Gasteiger partial charge in [0.25, 0.3) is 0 Å². The Kier molecular flexibility index (Phi) is 2.69. The third-order valence-corrected chi connectivity index (χ3v) is 2.61. The van der Waals surface area contributed by atoms with Crippen LogP contribution in [0, 0.1) is 17.2 Å². The Labute approximate surface area is 73.0 Å². The zero-order valence-corrected chi connectivity index (χ0v) is 7.58. The van der Waals surface area contributed by atoms with Crippen molar-refractivity contribution in [1.82, 2.24) is 4.90 Å². The van der Waals surface area contributed by atoms with Gasteiger partial charge < -0.3 is 4.90 Å². The smallest absolute Gasteiger partial charge is 0.222 e. The van der Waals surface area contributed by atoms with E-state index in [1.807, 2.05) is 6.92 Å². The fourth-order valence-electron chi connectivity index (χ4n) is 1.75. The summed E-state index contributed by atoms with van der Waals surface area (Å²) < 4.78 is 0. The molecule has 0 aromatic rings. The van der Waals surface area contributed by atoms with Crippen LogP contribution in [0.3, 0.4) is 0 Å². The maximum atomic E-state index is 11.1. The Morgan fingerprint density at radius 2 is 2.50 bits per heavy atom. The van der Waals surface area contributed by atoms with Crippen molar-refractivity contribution in [2.45, 2.75) is 32.2 Å². The number of amides is 1. The number of hydrogen-bond donors (Lipinski definition) is 0. The molecule has 3 heteroatoms. The second-order valence-corrected chi connectivity index (χ2v) is 3.25. The van der Waals surface area contributed by atoms with Crippen LogP contribution in [-0.4, -0.2) is 23.9 Å². The van der Waals surface area contributed by atoms with Crippen LogP contribution < -0.4 is 0 Å². The lowest BCUT2D eigenvalue weighted by Crippen LogP contribution is -2.34. The second-order valence-electron chi connectivity index (χ2n) is 3.25. The molecule has 1 aliphatic rings. The number of likely N-dealkylation sites (tertiary alicyclic amines) is 1. The molecule has 0 radical (unpaired) electrons. The van der Waals surface area contributed by atoms with Gasteiger partial charge in [0, 0.05) is 19.5 Å². The molecule has 3 nitrogen and oxygen atoms in total. The number of hydrogen-bond acceptors (Lipinski definition) is 2. The van der Waals surface area contributed by atoms with E-state index in [0.29, 0.717) is 6.42 Å². The Bertz CT molecular complexity index is 219. The first-order valence-corrected chi connectivity index (χ1v) is 4.36. The summed E-state index contributed by atoms with van der Waals surface area (Å²) in [7, 11) is 1.79. The van der Waals surface area contributed by atoms with Crippen LogP contribution in [-0.2, 0) is 4.79 Å². The van der Waals surface area contributed by atoms with Crippen molar-refractivity contribution in [2.24, 2.45) is 5.92 Å². The molecule has 2 unspecified atom stereocenters. The van der Waals surface area contributed by atoms with Gasteiger partial charge in [-0.25, -0.2) is 0 Å². The molecule has 1 fully saturated rings. The van der Waals surface area contributed by atoms with Crippen molar-refractivity contribution >= 4 is 5.91 Å². The standard InChI is InChI=1S/C9H14N2O/c1-3-7(6-10)8-4-5-9(12)11(8)2/h7-8H,3-5H2,1-2H3. The van der Waals surface area contributed by atoms with Crippen molar-refractivity contribution in [3.05, 3.63) is 0 Å². The average molecular weight is 166 g/mol. The fourth-order valence-corrected chi connectivity index (χ4v) is 1.75. The van der Waals surface area contributed by atoms with Gasteiger partial charge in [0.1, 0.15) is 0 Å². The average Bonchev–Trinajstić information content (AvgIpc) is 2.38. The summed E-state index contributed by atoms with van der Waals surface area (Å²) in [4.78, 5) is 12.9. The molecule has 12 heavy (non-hydrogen) atoms. The summed E-state index contributed by atoms with van der Waals surface area (Å²) in [5.41, 5.74) is 0. The maximum absolute atomic E-state index is 11.1. The van der Waals surface area contributed by atoms with Gasteiger partial charge >= 0.3 is 0 Å². The number of nitrogens with zero attached hydrogens (tertiary/aromatic N) is 2. The molecular weight excluding hydrogens is 152 g/mol. The van der Waals surface area contributed by atoms with Crippen LogP contribution in [0.1, 0.15) is 26.2 Å². The number of nitriles is 1. The molecule has 1 aliphatic heterocycles. The molecular formula is C9H14N2O. The molecule has 0 saturated carbocycles. The van der Waals surface area contributed by atoms with E-state index in [-0.39, 0.29) is 17.9 Å². The molecule has 0 aromatic heterocycles. The summed E-state index contributed by atoms with van der Waals surface area (Å²) in [6.07, 6.45) is 2.29. The molecule has 66 valence electrons. The zero-order chi connectivity index (χ0) is 9.14. The minimum Gasteiger partial charge on any atom is -0.341 e. The highest BCUT2D eigenvalue weighted by molar-refractivity contribution is 5.78. The zero-order valence-electron chi connectivity index (χ0n) is 7.58. The van der Waals surface area contributed by atoms with Crippen molar-refractivity contribution in [3.8, 4) is 6.07 Å². The van der Waals surface area contributed by atoms with Gasteiger partial charge in [-0.05, 0) is 12.8 Å². The van der Waals surface area contributed by atoms with Crippen molar-refractivity contribution in [2.75, 3.05) is 7.05 Å². The Balaban J connectivity index is 2.65. The van der Waals surface area contributed by atoms with E-state index in [2.05, 4.69) is 6.07 Å². The molecule has 1 heterocycles. The minimum atomic E-state index is 0.0152. The third-order valence-electron chi connectivity index (χ3n) is 2.61. The highest BCUT2D eigenvalue weighted by Gasteiger charge is 2.32. The highest BCUT2D eigenvalue weighted by atomic mass is 16.2. The van der Waals surface area contributed by atoms with Gasteiger partial charge in [-0.2, -0.15) is 5.26 Å². The van der Waals surface area contributed by atoms with Gasteiger partial charge in [-0.15, -0.1) is 0 Å². The summed E-state index contributed by atoms with van der Waals surface area (Å²) >= 11 is 0. The first-order chi connectivity index (χ1) is 5.70. The topological polar surface area (TPSA) is 44.1 Å². The molecule has 0 aliphatic carbocycles. The van der Waals surface area contributed by atoms with E-state index >= 15 is 0 Å². The maximum Gasteiger partial charge on any atom is 0.222 e. The predicted molar refractivity (Wildman–Crippen MR) is 45.2 cm³/mol. The summed E-state index contributed by atoms with van der Waals surface area (Å²) in [6, 6.07) is 2.41. The number of carbonyl (C=O) groups excluding carboxylic acids is 1. The highest BCUT2D eigenvalue weighted by Crippen LogP contribution is 2.24. The predicted octanol–water partition coefficient (Wildman–Crippen LogP) is 1.16. The van der Waals surface area contributed by atoms with Crippen LogP contribution in [0.4, 0.5) is 0 Å². The normalized spacial score (nSPS) is 25.6. The number of rotatable bonds is 2. The van der Waals surface area contributed by atoms with E-state index in [9.17, 15) is 4.79 Å². The van der Waals surface area contributed by atoms with Crippen molar-refractivity contribution in [1.29, 1.82) is 5.26 Å². The molecule has 0 bridgehead atoms. The summed E-state index contributed by atoms with van der Waals surface area (Å²) in [5, 5.41) is 8.80. The van der Waals surface area contributed by atoms with Gasteiger partial charge in [-0.1, -0.05) is 6.92 Å². The van der Waals surface area contributed by atoms with Gasteiger partial charge in [0.15, 0.2) is 0 Å². The van der Waals surface area contributed by atoms with Crippen molar-refractivity contribution in [3.63, 3.8) is 0 Å². The first-order valence-electron chi connectivity index (χ1n) is 4.36. The Morgan fingerprint density at radius 3 is 2.83 bits per heavy atom. The monoisotopic (exact) mass is 166 g/mol. The summed E-state index contributed by atoms with van der Waals surface area (Å²) in [6.45, 7) is 1.99. The minimum absolute atomic E-state index is 0.0152. The van der Waals surface area contributed by atoms with Gasteiger partial charge in [-0.3, -0.25) is 4.79 Å². The first kappa shape index (κ1) is 9.05. The SMILES string of the molecule is CCC(C#N)C1CCC(=O)N1C. The number of carbonyl (C=O) groups is 1. The van der Waals surface area contributed by atoms with E-state index in [0.717, 1.165) is 12.8 Å². The van der Waals surface area contributed by atoms with Gasteiger partial charge in [0.05, 0.1) is 12.0 Å². The molecule has 1 saturated heterocycles. The van der Waals surface area contributed by atoms with Crippen molar-refractivity contribution < 1.29 is 4.79 Å². The van der Waals surface area contributed by atoms with Gasteiger partial charge in [0.2, 0.25) is 5.91 Å². The lowest BCUT2D eigenvalue weighted by atomic mass is 9.97. The van der Waals surface area contributed by atoms with E-state index in [1.54, 1.807) is 11.9 Å². The third kappa shape index (κ3) is 1.42. The Hall–Kier alpha value is -1.04. The summed E-state index contributed by atoms with van der Waals surface area (Å²) in [5.74, 6) is 0.190. The van der Waals surface area contributed by atoms with E-state index < -0.39 is 0 Å². The lowest BCUT2D eigenvalue weighted by molar-refractivity contribution is -0.127. The van der Waals surface area contributed by atoms with E-state index in [1.165, 1.54) is 0 Å². The molecule has 2 atom stereocenters. The lowest BCUT2D eigenvalue weighted by Gasteiger charge is -2.23. The van der Waals surface area contributed by atoms with Crippen LogP contribution >= 0.6 is 0 Å². The van der Waals surface area contributed by atoms with Crippen LogP contribution in [0.15, 0.2) is 0 Å². The van der Waals surface area contributed by atoms with Crippen LogP contribution in [0.2, 0.25) is 0 Å². The van der Waals surface area contributed by atoms with E-state index in [4.69, 9.17) is 5.26 Å². The molecule has 0 N–H and O–H groups in total. The largest absolute Gasteiger partial charge is 0.341 e. The Morgan fingerprint density at radius 1 is 1.83 bits per heavy atom. The fraction of sp³-hybridized carbons (Fsp3) is 0.778. The molecule has 1 rings (SSSR count). The quantitative estimate of drug-likeness (QED) is 0.617. The van der Waals surface area contributed by atoms with Crippen LogP contribution in [0.5, 0.6) is 0 Å². The molecule has 0 spiro atoms. The van der Waals surface area contributed by atoms with Crippen LogP contribution in [0.25, 0.3) is 0 Å².